The molecule has 0 N–H and O–H groups in total. The fourth-order valence-electron chi connectivity index (χ4n) is 10.00. The Hall–Kier alpha value is -4.43. The number of fused-ring (bicyclic) bond motifs is 7. The fourth-order valence-corrected chi connectivity index (χ4v) is 10.00. The monoisotopic (exact) mass is 643 g/mol. The van der Waals surface area contributed by atoms with Crippen molar-refractivity contribution in [3.63, 3.8) is 0 Å². The molecule has 1 spiro atoms. The number of hydrogen-bond donors (Lipinski definition) is 0. The zero-order valence-corrected chi connectivity index (χ0v) is 30.3. The number of nitrogens with zero attached hydrogens (tertiary/aromatic N) is 2. The van der Waals surface area contributed by atoms with Crippen molar-refractivity contribution in [2.45, 2.75) is 83.5 Å². The van der Waals surface area contributed by atoms with Crippen LogP contribution in [0, 0.1) is 5.41 Å². The molecular formula is C47H51N2+. The molecule has 0 radical (unpaired) electrons. The highest BCUT2D eigenvalue weighted by Crippen LogP contribution is 2.57. The van der Waals surface area contributed by atoms with E-state index in [9.17, 15) is 0 Å². The molecule has 2 heteroatoms. The van der Waals surface area contributed by atoms with Crippen LogP contribution in [0.5, 0.6) is 0 Å². The van der Waals surface area contributed by atoms with E-state index in [0.29, 0.717) is 0 Å². The molecule has 0 aromatic heterocycles. The van der Waals surface area contributed by atoms with Gasteiger partial charge in [-0.15, -0.1) is 0 Å². The van der Waals surface area contributed by atoms with E-state index in [4.69, 9.17) is 0 Å². The van der Waals surface area contributed by atoms with Crippen LogP contribution in [0.1, 0.15) is 83.8 Å². The first-order valence-corrected chi connectivity index (χ1v) is 18.5. The van der Waals surface area contributed by atoms with E-state index in [1.807, 2.05) is 0 Å². The van der Waals surface area contributed by atoms with Crippen LogP contribution in [-0.4, -0.2) is 24.4 Å². The van der Waals surface area contributed by atoms with Crippen LogP contribution >= 0.6 is 0 Å². The van der Waals surface area contributed by atoms with E-state index in [0.717, 1.165) is 12.8 Å². The van der Waals surface area contributed by atoms with Gasteiger partial charge >= 0.3 is 0 Å². The van der Waals surface area contributed by atoms with Gasteiger partial charge in [-0.2, -0.15) is 4.58 Å². The number of anilines is 1. The average molecular weight is 644 g/mol. The van der Waals surface area contributed by atoms with Gasteiger partial charge in [0, 0.05) is 41.6 Å². The Labute approximate surface area is 293 Å². The first kappa shape index (κ1) is 31.8. The number of likely N-dealkylation sites (N-methyl/N-ethyl adjacent to an activating group) is 1. The van der Waals surface area contributed by atoms with Crippen molar-refractivity contribution in [1.29, 1.82) is 0 Å². The number of hydrogen-bond acceptors (Lipinski definition) is 1. The minimum atomic E-state index is -0.0714. The van der Waals surface area contributed by atoms with Crippen molar-refractivity contribution in [2.24, 2.45) is 5.41 Å². The Bertz CT molecular complexity index is 2170. The molecule has 2 nitrogen and oxygen atoms in total. The lowest BCUT2D eigenvalue weighted by molar-refractivity contribution is -0.401. The molecule has 4 aromatic carbocycles. The first-order chi connectivity index (χ1) is 23.6. The molecule has 4 aliphatic rings. The molecule has 0 bridgehead atoms. The first-order valence-electron chi connectivity index (χ1n) is 18.5. The van der Waals surface area contributed by atoms with E-state index in [2.05, 4.69) is 167 Å². The summed E-state index contributed by atoms with van der Waals surface area (Å²) >= 11 is 0. The van der Waals surface area contributed by atoms with Crippen molar-refractivity contribution in [3.8, 4) is 0 Å². The third kappa shape index (κ3) is 5.27. The topological polar surface area (TPSA) is 6.25 Å². The maximum Gasteiger partial charge on any atom is 0.210 e. The Kier molecular flexibility index (Phi) is 7.70. The second-order valence-electron chi connectivity index (χ2n) is 16.4. The second-order valence-corrected chi connectivity index (χ2v) is 16.4. The lowest BCUT2D eigenvalue weighted by atomic mass is 9.67. The van der Waals surface area contributed by atoms with E-state index >= 15 is 0 Å². The molecule has 0 unspecified atom stereocenters. The highest BCUT2D eigenvalue weighted by Gasteiger charge is 2.47. The molecule has 2 aliphatic carbocycles. The van der Waals surface area contributed by atoms with Crippen molar-refractivity contribution >= 4 is 38.6 Å². The fraction of sp³-hybridized carbons (Fsp3) is 0.340. The van der Waals surface area contributed by atoms with Gasteiger partial charge in [0.25, 0.3) is 0 Å². The van der Waals surface area contributed by atoms with Gasteiger partial charge in [-0.3, -0.25) is 0 Å². The molecule has 49 heavy (non-hydrogen) atoms. The van der Waals surface area contributed by atoms with Crippen LogP contribution in [0.3, 0.4) is 0 Å². The summed E-state index contributed by atoms with van der Waals surface area (Å²) in [5.74, 6) is 0. The van der Waals surface area contributed by atoms with Gasteiger partial charge in [-0.25, -0.2) is 0 Å². The number of rotatable bonds is 4. The van der Waals surface area contributed by atoms with Crippen molar-refractivity contribution < 1.29 is 4.58 Å². The third-order valence-electron chi connectivity index (χ3n) is 12.1. The van der Waals surface area contributed by atoms with Gasteiger partial charge in [-0.05, 0) is 101 Å². The highest BCUT2D eigenvalue weighted by molar-refractivity contribution is 6.07. The van der Waals surface area contributed by atoms with Crippen LogP contribution in [0.4, 0.5) is 11.4 Å². The van der Waals surface area contributed by atoms with Crippen LogP contribution < -0.4 is 4.90 Å². The Balaban J connectivity index is 1.09. The van der Waals surface area contributed by atoms with Crippen molar-refractivity contribution in [3.05, 3.63) is 143 Å². The van der Waals surface area contributed by atoms with Crippen molar-refractivity contribution in [2.75, 3.05) is 19.0 Å². The van der Waals surface area contributed by atoms with E-state index in [1.54, 1.807) is 5.56 Å². The Morgan fingerprint density at radius 1 is 0.694 bits per heavy atom. The predicted octanol–water partition coefficient (Wildman–Crippen LogP) is 12.0. The minimum Gasteiger partial charge on any atom is -0.347 e. The zero-order valence-electron chi connectivity index (χ0n) is 30.3. The predicted molar refractivity (Wildman–Crippen MR) is 210 cm³/mol. The summed E-state index contributed by atoms with van der Waals surface area (Å²) in [6, 6.07) is 27.0. The number of benzene rings is 4. The van der Waals surface area contributed by atoms with E-state index in [1.165, 1.54) is 93.1 Å². The van der Waals surface area contributed by atoms with Gasteiger partial charge in [-0.1, -0.05) is 118 Å². The highest BCUT2D eigenvalue weighted by atomic mass is 15.2. The van der Waals surface area contributed by atoms with Crippen molar-refractivity contribution in [1.82, 2.24) is 0 Å². The standard InChI is InChI=1S/C47H51N2/c1-45(2)31-33(16-14-22-41-46(3,4)43-37-20-10-8-18-35(37)24-26-39(43)48(41)5)30-34(32-45)17-15-23-42-47(28-12-7-13-29-47)44-38-21-11-9-19-36(38)25-27-40(44)49(42)6/h8-11,14-27,30H,7,12-13,28-29,31-32H2,1-6H3/q+1. The van der Waals surface area contributed by atoms with Crippen LogP contribution in [0.15, 0.2) is 132 Å². The van der Waals surface area contributed by atoms with Gasteiger partial charge in [0.1, 0.15) is 7.05 Å². The van der Waals surface area contributed by atoms with Gasteiger partial charge < -0.3 is 4.90 Å². The van der Waals surface area contributed by atoms with Crippen LogP contribution in [0.2, 0.25) is 0 Å². The molecule has 1 saturated carbocycles. The lowest BCUT2D eigenvalue weighted by Gasteiger charge is -2.37. The largest absolute Gasteiger partial charge is 0.347 e. The second kappa shape index (κ2) is 11.9. The normalized spacial score (nSPS) is 22.7. The molecule has 1 fully saturated rings. The number of allylic oxidation sites excluding steroid dienone is 10. The average Bonchev–Trinajstić information content (AvgIpc) is 3.43. The maximum absolute atomic E-state index is 2.49. The summed E-state index contributed by atoms with van der Waals surface area (Å²) in [7, 11) is 4.51. The van der Waals surface area contributed by atoms with E-state index < -0.39 is 0 Å². The summed E-state index contributed by atoms with van der Waals surface area (Å²) in [5, 5.41) is 5.46. The van der Waals surface area contributed by atoms with Crippen LogP contribution in [-0.2, 0) is 10.8 Å². The molecular weight excluding hydrogens is 593 g/mol. The maximum atomic E-state index is 2.49. The Morgan fingerprint density at radius 3 is 2.08 bits per heavy atom. The summed E-state index contributed by atoms with van der Waals surface area (Å²) in [6.45, 7) is 9.57. The summed E-state index contributed by atoms with van der Waals surface area (Å²) in [5.41, 5.74) is 11.6. The molecule has 4 aromatic rings. The SMILES string of the molecule is CN1/C(=C/C=C/C2=CC(=C/C=C/C3=[N+](C)c4ccc5ccccc5c4C3(C)C)/CC(C)(C)C2)C2(CCCCC2)c2c1ccc1ccccc21. The molecule has 248 valence electrons. The molecule has 0 amide bonds. The van der Waals surface area contributed by atoms with E-state index in [-0.39, 0.29) is 16.2 Å². The molecule has 2 heterocycles. The molecule has 8 rings (SSSR count). The molecule has 2 aliphatic heterocycles. The molecule has 0 saturated heterocycles. The van der Waals surface area contributed by atoms with Crippen LogP contribution in [0.25, 0.3) is 21.5 Å². The summed E-state index contributed by atoms with van der Waals surface area (Å²) < 4.78 is 2.39. The molecule has 0 atom stereocenters. The Morgan fingerprint density at radius 2 is 1.35 bits per heavy atom. The lowest BCUT2D eigenvalue weighted by Crippen LogP contribution is -2.32. The summed E-state index contributed by atoms with van der Waals surface area (Å²) in [6.07, 6.45) is 25.2. The minimum absolute atomic E-state index is 0.0714. The quantitative estimate of drug-likeness (QED) is 0.201. The smallest absolute Gasteiger partial charge is 0.210 e. The van der Waals surface area contributed by atoms with Gasteiger partial charge in [0.15, 0.2) is 5.71 Å². The van der Waals surface area contributed by atoms with Gasteiger partial charge in [0.05, 0.1) is 5.41 Å². The zero-order chi connectivity index (χ0) is 34.0. The van der Waals surface area contributed by atoms with Gasteiger partial charge in [0.2, 0.25) is 5.69 Å². The third-order valence-corrected chi connectivity index (χ3v) is 12.1. The summed E-state index contributed by atoms with van der Waals surface area (Å²) in [4.78, 5) is 2.49.